The second-order valence-corrected chi connectivity index (χ2v) is 3.25. The maximum Gasteiger partial charge on any atom is 1.00 e. The molecule has 0 aromatic carbocycles. The van der Waals surface area contributed by atoms with Crippen LogP contribution in [-0.2, 0) is 19.6 Å². The van der Waals surface area contributed by atoms with Crippen molar-refractivity contribution in [1.82, 2.24) is 0 Å². The molecular formula is C4H5F2NaO6S. The number of aliphatic hydroxyl groups excluding tert-OH is 1. The van der Waals surface area contributed by atoms with E-state index < -0.39 is 34.6 Å². The minimum absolute atomic E-state index is 0. The number of ether oxygens (including phenoxy) is 1. The molecule has 10 heteroatoms. The molecule has 0 aromatic rings. The first-order valence-corrected chi connectivity index (χ1v) is 4.25. The number of rotatable bonds is 4. The molecule has 0 aliphatic carbocycles. The molecule has 0 amide bonds. The van der Waals surface area contributed by atoms with Gasteiger partial charge in [0.25, 0.3) is 0 Å². The van der Waals surface area contributed by atoms with Gasteiger partial charge in [0, 0.05) is 0 Å². The third kappa shape index (κ3) is 4.15. The van der Waals surface area contributed by atoms with Crippen molar-refractivity contribution in [2.24, 2.45) is 0 Å². The quantitative estimate of drug-likeness (QED) is 0.303. The zero-order chi connectivity index (χ0) is 10.7. The van der Waals surface area contributed by atoms with Gasteiger partial charge in [0.1, 0.15) is 6.61 Å². The average Bonchev–Trinajstić information content (AvgIpc) is 1.97. The Balaban J connectivity index is 0. The monoisotopic (exact) mass is 242 g/mol. The number of aliphatic hydroxyl groups is 1. The Morgan fingerprint density at radius 1 is 1.50 bits per heavy atom. The van der Waals surface area contributed by atoms with E-state index in [0.717, 1.165) is 0 Å². The van der Waals surface area contributed by atoms with E-state index in [2.05, 4.69) is 4.74 Å². The van der Waals surface area contributed by atoms with Crippen LogP contribution in [0.2, 0.25) is 0 Å². The molecule has 14 heavy (non-hydrogen) atoms. The fourth-order valence-corrected chi connectivity index (χ4v) is 0.587. The predicted octanol–water partition coefficient (Wildman–Crippen LogP) is -4.34. The van der Waals surface area contributed by atoms with E-state index in [1.807, 2.05) is 0 Å². The van der Waals surface area contributed by atoms with E-state index >= 15 is 0 Å². The largest absolute Gasteiger partial charge is 1.00 e. The van der Waals surface area contributed by atoms with Crippen LogP contribution in [-0.4, -0.2) is 42.5 Å². The fourth-order valence-electron chi connectivity index (χ4n) is 0.324. The smallest absolute Gasteiger partial charge is 0.743 e. The molecule has 0 aliphatic heterocycles. The molecule has 0 aromatic heterocycles. The summed E-state index contributed by atoms with van der Waals surface area (Å²) in [5.74, 6) is -2.49. The maximum atomic E-state index is 12.2. The third-order valence-electron chi connectivity index (χ3n) is 0.876. The van der Waals surface area contributed by atoms with Crippen LogP contribution >= 0.6 is 0 Å². The zero-order valence-electron chi connectivity index (χ0n) is 7.07. The molecule has 0 radical (unpaired) electrons. The molecule has 0 bridgehead atoms. The van der Waals surface area contributed by atoms with Gasteiger partial charge in [-0.15, -0.1) is 0 Å². The number of alkyl halides is 2. The average molecular weight is 242 g/mol. The van der Waals surface area contributed by atoms with Crippen molar-refractivity contribution >= 4 is 16.1 Å². The topological polar surface area (TPSA) is 104 Å². The number of hydrogen-bond acceptors (Lipinski definition) is 6. The second-order valence-electron chi connectivity index (χ2n) is 1.83. The molecule has 1 N–H and O–H groups in total. The predicted molar refractivity (Wildman–Crippen MR) is 32.7 cm³/mol. The van der Waals surface area contributed by atoms with Crippen LogP contribution in [0, 0.1) is 0 Å². The van der Waals surface area contributed by atoms with Crippen molar-refractivity contribution in [3.05, 3.63) is 0 Å². The molecule has 0 saturated heterocycles. The number of carbonyl (C=O) groups excluding carboxylic acids is 1. The van der Waals surface area contributed by atoms with Crippen LogP contribution in [0.25, 0.3) is 0 Å². The Morgan fingerprint density at radius 2 is 1.93 bits per heavy atom. The summed E-state index contributed by atoms with van der Waals surface area (Å²) in [5, 5.41) is 2.93. The van der Waals surface area contributed by atoms with Crippen LogP contribution in [0.4, 0.5) is 8.78 Å². The summed E-state index contributed by atoms with van der Waals surface area (Å²) in [6.07, 6.45) is 0. The molecule has 6 nitrogen and oxygen atoms in total. The molecule has 0 rings (SSSR count). The standard InChI is InChI=1S/C4H6F2O6S.Na/c5-4(6,13(9,10)11)3(8)12-2-1-7;/h7H,1-2H2,(H,9,10,11);/q;+1/p-1. The van der Waals surface area contributed by atoms with Crippen molar-refractivity contribution in [2.45, 2.75) is 5.25 Å². The van der Waals surface area contributed by atoms with Crippen LogP contribution in [0.15, 0.2) is 0 Å². The summed E-state index contributed by atoms with van der Waals surface area (Å²) in [5.41, 5.74) is 0. The van der Waals surface area contributed by atoms with E-state index in [-0.39, 0.29) is 29.6 Å². The first kappa shape index (κ1) is 16.6. The van der Waals surface area contributed by atoms with Crippen molar-refractivity contribution in [3.8, 4) is 0 Å². The number of carbonyl (C=O) groups is 1. The van der Waals surface area contributed by atoms with Crippen LogP contribution in [0.3, 0.4) is 0 Å². The molecule has 0 heterocycles. The molecule has 0 fully saturated rings. The Labute approximate surface area is 100 Å². The normalized spacial score (nSPS) is 11.7. The summed E-state index contributed by atoms with van der Waals surface area (Å²) in [7, 11) is -6.07. The van der Waals surface area contributed by atoms with Crippen LogP contribution in [0.1, 0.15) is 0 Å². The number of halogens is 2. The zero-order valence-corrected chi connectivity index (χ0v) is 9.88. The Bertz CT molecular complexity index is 288. The van der Waals surface area contributed by atoms with Gasteiger partial charge in [-0.2, -0.15) is 8.78 Å². The maximum absolute atomic E-state index is 12.2. The first-order valence-electron chi connectivity index (χ1n) is 2.85. The van der Waals surface area contributed by atoms with Gasteiger partial charge in [-0.1, -0.05) is 0 Å². The van der Waals surface area contributed by atoms with Crippen molar-refractivity contribution < 1.29 is 65.9 Å². The van der Waals surface area contributed by atoms with Gasteiger partial charge in [-0.3, -0.25) is 0 Å². The first-order chi connectivity index (χ1) is 5.73. The van der Waals surface area contributed by atoms with Gasteiger partial charge in [0.2, 0.25) is 0 Å². The fraction of sp³-hybridized carbons (Fsp3) is 0.750. The molecule has 0 unspecified atom stereocenters. The van der Waals surface area contributed by atoms with E-state index in [0.29, 0.717) is 0 Å². The van der Waals surface area contributed by atoms with E-state index in [1.165, 1.54) is 0 Å². The summed E-state index contributed by atoms with van der Waals surface area (Å²) in [6.45, 7) is -1.55. The SMILES string of the molecule is O=C(OCCO)C(F)(F)S(=O)(=O)[O-].[Na+]. The molecule has 0 atom stereocenters. The molecule has 0 aliphatic rings. The molecule has 0 spiro atoms. The van der Waals surface area contributed by atoms with Gasteiger partial charge in [-0.25, -0.2) is 13.2 Å². The molecular weight excluding hydrogens is 237 g/mol. The van der Waals surface area contributed by atoms with Crippen molar-refractivity contribution in [3.63, 3.8) is 0 Å². The van der Waals surface area contributed by atoms with Gasteiger partial charge >= 0.3 is 40.8 Å². The van der Waals surface area contributed by atoms with Crippen molar-refractivity contribution in [1.29, 1.82) is 0 Å². The number of hydrogen-bond donors (Lipinski definition) is 1. The Kier molecular flexibility index (Phi) is 7.04. The van der Waals surface area contributed by atoms with Gasteiger partial charge < -0.3 is 14.4 Å². The summed E-state index contributed by atoms with van der Waals surface area (Å²) in [4.78, 5) is 10.2. The number of esters is 1. The van der Waals surface area contributed by atoms with Gasteiger partial charge in [0.05, 0.1) is 6.61 Å². The minimum atomic E-state index is -6.07. The van der Waals surface area contributed by atoms with Crippen molar-refractivity contribution in [2.75, 3.05) is 13.2 Å². The summed E-state index contributed by atoms with van der Waals surface area (Å²) < 4.78 is 57.3. The van der Waals surface area contributed by atoms with Crippen LogP contribution < -0.4 is 29.6 Å². The summed E-state index contributed by atoms with van der Waals surface area (Å²) >= 11 is 0. The second kappa shape index (κ2) is 5.93. The summed E-state index contributed by atoms with van der Waals surface area (Å²) in [6, 6.07) is 0. The van der Waals surface area contributed by atoms with Crippen LogP contribution in [0.5, 0.6) is 0 Å². The van der Waals surface area contributed by atoms with Gasteiger partial charge in [0.15, 0.2) is 10.1 Å². The van der Waals surface area contributed by atoms with E-state index in [9.17, 15) is 26.5 Å². The van der Waals surface area contributed by atoms with E-state index in [1.54, 1.807) is 0 Å². The Hall–Kier alpha value is 0.200. The van der Waals surface area contributed by atoms with E-state index in [4.69, 9.17) is 5.11 Å². The third-order valence-corrected chi connectivity index (χ3v) is 1.67. The molecule has 0 saturated carbocycles. The van der Waals surface area contributed by atoms with Gasteiger partial charge in [-0.05, 0) is 0 Å². The Morgan fingerprint density at radius 3 is 2.21 bits per heavy atom. The minimum Gasteiger partial charge on any atom is -0.743 e. The molecule has 78 valence electrons.